The predicted molar refractivity (Wildman–Crippen MR) is 143 cm³/mol. The zero-order valence-corrected chi connectivity index (χ0v) is 21.6. The number of fused-ring (bicyclic) bond motifs is 1. The van der Waals surface area contributed by atoms with Crippen molar-refractivity contribution in [3.63, 3.8) is 0 Å². The molecule has 2 aliphatic rings. The Labute approximate surface area is 230 Å². The first kappa shape index (κ1) is 27.2. The first-order valence-electron chi connectivity index (χ1n) is 11.9. The molecule has 4 aromatic rings. The van der Waals surface area contributed by atoms with Gasteiger partial charge >= 0.3 is 17.1 Å². The zero-order chi connectivity index (χ0) is 24.7. The third kappa shape index (κ3) is 6.55. The van der Waals surface area contributed by atoms with Crippen molar-refractivity contribution in [2.24, 2.45) is 0 Å². The van der Waals surface area contributed by atoms with E-state index in [1.807, 2.05) is 123 Å². The molecule has 2 aliphatic carbocycles. The second-order valence-electron chi connectivity index (χ2n) is 8.43. The van der Waals surface area contributed by atoms with E-state index < -0.39 is 0 Å². The quantitative estimate of drug-likeness (QED) is 0.323. The summed E-state index contributed by atoms with van der Waals surface area (Å²) >= 11 is 0. The van der Waals surface area contributed by atoms with E-state index in [1.165, 1.54) is 0 Å². The van der Waals surface area contributed by atoms with Gasteiger partial charge in [0.15, 0.2) is 0 Å². The van der Waals surface area contributed by atoms with E-state index in [4.69, 9.17) is 4.74 Å². The van der Waals surface area contributed by atoms with Gasteiger partial charge in [0.25, 0.3) is 5.56 Å². The summed E-state index contributed by atoms with van der Waals surface area (Å²) in [6.07, 6.45) is 20.6. The van der Waals surface area contributed by atoms with Crippen molar-refractivity contribution in [3.05, 3.63) is 152 Å². The van der Waals surface area contributed by atoms with E-state index in [-0.39, 0.29) is 22.6 Å². The molecule has 5 nitrogen and oxygen atoms in total. The molecule has 6 rings (SSSR count). The molecule has 2 saturated carbocycles. The average molecular weight is 529 g/mol. The van der Waals surface area contributed by atoms with Gasteiger partial charge in [-0.2, -0.15) is 5.10 Å². The largest absolute Gasteiger partial charge is 2.00 e. The predicted octanol–water partition coefficient (Wildman–Crippen LogP) is 5.19. The van der Waals surface area contributed by atoms with E-state index in [2.05, 4.69) is 11.2 Å². The molecule has 0 spiro atoms. The Morgan fingerprint density at radius 2 is 1.54 bits per heavy atom. The fourth-order valence-corrected chi connectivity index (χ4v) is 4.22. The Balaban J connectivity index is 0.000000479. The van der Waals surface area contributed by atoms with Crippen LogP contribution >= 0.6 is 0 Å². The van der Waals surface area contributed by atoms with Crippen LogP contribution in [-0.2, 0) is 30.0 Å². The standard InChI is InChI=1S/C26H22N3O2.C5H5.Fe/c1-31-22-13-7-8-19(16-22)14-15-28-25(21-11-3-2-4-12-21)18-29-24(26(28)30)17-23(27-29)20-9-5-6-10-20;1-2-4-5-3-1;/h2-13,16-18H,14-15H2,1H3;1-5H;/q;;+2. The van der Waals surface area contributed by atoms with Crippen LogP contribution in [0.5, 0.6) is 5.75 Å². The molecule has 0 atom stereocenters. The zero-order valence-electron chi connectivity index (χ0n) is 20.5. The van der Waals surface area contributed by atoms with E-state index in [9.17, 15) is 4.79 Å². The number of rotatable bonds is 6. The first-order chi connectivity index (χ1) is 17.7. The van der Waals surface area contributed by atoms with E-state index in [0.717, 1.165) is 40.6 Å². The molecule has 0 saturated heterocycles. The number of hydrogen-bond acceptors (Lipinski definition) is 3. The topological polar surface area (TPSA) is 48.5 Å². The molecule has 0 N–H and O–H groups in total. The minimum absolute atomic E-state index is 0. The number of methoxy groups -OCH3 is 1. The van der Waals surface area contributed by atoms with E-state index in [0.29, 0.717) is 12.1 Å². The Morgan fingerprint density at radius 3 is 2.22 bits per heavy atom. The Bertz CT molecular complexity index is 1330. The molecule has 0 bridgehead atoms. The minimum Gasteiger partial charge on any atom is -0.497 e. The van der Waals surface area contributed by atoms with Gasteiger partial charge < -0.3 is 9.30 Å². The summed E-state index contributed by atoms with van der Waals surface area (Å²) in [5.41, 5.74) is 4.27. The molecule has 6 heteroatoms. The fourth-order valence-electron chi connectivity index (χ4n) is 4.22. The van der Waals surface area contributed by atoms with E-state index in [1.54, 1.807) is 11.6 Å². The normalized spacial score (nSPS) is 15.3. The maximum Gasteiger partial charge on any atom is 2.00 e. The van der Waals surface area contributed by atoms with Crippen molar-refractivity contribution < 1.29 is 21.8 Å². The van der Waals surface area contributed by atoms with Crippen molar-refractivity contribution in [1.82, 2.24) is 14.2 Å². The van der Waals surface area contributed by atoms with Gasteiger partial charge in [-0.3, -0.25) is 4.79 Å². The molecule has 2 heterocycles. The Morgan fingerprint density at radius 1 is 0.838 bits per heavy atom. The average Bonchev–Trinajstić information content (AvgIpc) is 3.72. The molecular weight excluding hydrogens is 502 g/mol. The van der Waals surface area contributed by atoms with Crippen LogP contribution in [0.3, 0.4) is 0 Å². The molecule has 0 aliphatic heterocycles. The van der Waals surface area contributed by atoms with Crippen LogP contribution in [-0.4, -0.2) is 21.3 Å². The third-order valence-corrected chi connectivity index (χ3v) is 6.08. The monoisotopic (exact) mass is 529 g/mol. The van der Waals surface area contributed by atoms with Gasteiger partial charge in [-0.25, -0.2) is 4.52 Å². The smallest absolute Gasteiger partial charge is 0.497 e. The van der Waals surface area contributed by atoms with E-state index >= 15 is 0 Å². The molecule has 2 aromatic heterocycles. The van der Waals surface area contributed by atoms with Crippen molar-refractivity contribution >= 4 is 5.52 Å². The van der Waals surface area contributed by atoms with Crippen LogP contribution in [0.2, 0.25) is 0 Å². The molecule has 37 heavy (non-hydrogen) atoms. The van der Waals surface area contributed by atoms with Gasteiger partial charge in [-0.1, -0.05) is 42.5 Å². The maximum absolute atomic E-state index is 13.5. The van der Waals surface area contributed by atoms with Crippen LogP contribution in [0.4, 0.5) is 0 Å². The molecule has 184 valence electrons. The molecule has 0 amide bonds. The van der Waals surface area contributed by atoms with Gasteiger partial charge in [0.05, 0.1) is 24.7 Å². The summed E-state index contributed by atoms with van der Waals surface area (Å²) in [5.74, 6) is 1.83. The molecule has 0 unspecified atom stereocenters. The third-order valence-electron chi connectivity index (χ3n) is 6.08. The van der Waals surface area contributed by atoms with Crippen LogP contribution in [0.25, 0.3) is 16.8 Å². The van der Waals surface area contributed by atoms with Crippen molar-refractivity contribution in [2.45, 2.75) is 13.0 Å². The summed E-state index contributed by atoms with van der Waals surface area (Å²) in [6.45, 7) is 0.559. The molecular formula is C31H27FeN3O2+2. The summed E-state index contributed by atoms with van der Waals surface area (Å²) in [6, 6.07) is 19.8. The second-order valence-corrected chi connectivity index (χ2v) is 8.43. The van der Waals surface area contributed by atoms with Gasteiger partial charge in [0, 0.05) is 12.5 Å². The number of aryl methyl sites for hydroxylation is 1. The van der Waals surface area contributed by atoms with Gasteiger partial charge in [-0.05, 0) is 93.5 Å². The van der Waals surface area contributed by atoms with Crippen molar-refractivity contribution in [1.29, 1.82) is 0 Å². The maximum atomic E-state index is 13.5. The summed E-state index contributed by atoms with van der Waals surface area (Å²) in [5, 5.41) is 4.67. The number of hydrogen-bond donors (Lipinski definition) is 0. The van der Waals surface area contributed by atoms with Gasteiger partial charge in [0.1, 0.15) is 11.3 Å². The number of benzene rings is 2. The summed E-state index contributed by atoms with van der Waals surface area (Å²) in [4.78, 5) is 13.5. The molecule has 10 radical (unpaired) electrons. The van der Waals surface area contributed by atoms with Gasteiger partial charge in [0.2, 0.25) is 0 Å². The fraction of sp³-hybridized carbons (Fsp3) is 0.0968. The van der Waals surface area contributed by atoms with Crippen LogP contribution in [0.1, 0.15) is 11.3 Å². The van der Waals surface area contributed by atoms with Crippen LogP contribution < -0.4 is 10.3 Å². The Kier molecular flexibility index (Phi) is 9.65. The Hall–Kier alpha value is -2.82. The number of ether oxygens (including phenoxy) is 1. The SMILES string of the molecule is COc1cccc(CCn2c(-c3ccccc3)cn3nc([C]4[CH][CH][CH][CH]4)cc3c2=O)c1.[CH]1[CH][CH][CH][CH]1.[Fe+2]. The van der Waals surface area contributed by atoms with Gasteiger partial charge in [-0.15, -0.1) is 0 Å². The molecule has 2 fully saturated rings. The van der Waals surface area contributed by atoms with Crippen molar-refractivity contribution in [3.8, 4) is 17.0 Å². The number of nitrogens with zero attached hydrogens (tertiary/aromatic N) is 3. The summed E-state index contributed by atoms with van der Waals surface area (Å²) in [7, 11) is 1.66. The first-order valence-corrected chi connectivity index (χ1v) is 11.9. The second kappa shape index (κ2) is 13.1. The molecule has 2 aromatic carbocycles. The van der Waals surface area contributed by atoms with Crippen LogP contribution in [0, 0.1) is 63.7 Å². The van der Waals surface area contributed by atoms with Crippen molar-refractivity contribution in [2.75, 3.05) is 7.11 Å². The summed E-state index contributed by atoms with van der Waals surface area (Å²) < 4.78 is 8.89. The minimum atomic E-state index is -0.0467. The number of aromatic nitrogens is 3. The van der Waals surface area contributed by atoms with Crippen LogP contribution in [0.15, 0.2) is 71.7 Å².